The van der Waals surface area contributed by atoms with Crippen LogP contribution in [0.3, 0.4) is 0 Å². The van der Waals surface area contributed by atoms with Gasteiger partial charge in [0, 0.05) is 5.02 Å². The van der Waals surface area contributed by atoms with Gasteiger partial charge in [0.05, 0.1) is 30.0 Å². The molecule has 0 bridgehead atoms. The summed E-state index contributed by atoms with van der Waals surface area (Å²) < 4.78 is 16.3. The number of methoxy groups -OCH3 is 1. The zero-order valence-electron chi connectivity index (χ0n) is 20.8. The Kier molecular flexibility index (Phi) is 8.53. The molecule has 1 fully saturated rings. The van der Waals surface area contributed by atoms with Crippen LogP contribution in [0.25, 0.3) is 6.08 Å². The van der Waals surface area contributed by atoms with Crippen molar-refractivity contribution in [2.75, 3.05) is 18.6 Å². The highest BCUT2D eigenvalue weighted by atomic mass is 35.5. The number of hydrogen-bond acceptors (Lipinski definition) is 7. The fourth-order valence-electron chi connectivity index (χ4n) is 3.73. The first-order valence-electron chi connectivity index (χ1n) is 11.6. The Morgan fingerprint density at radius 2 is 1.67 bits per heavy atom. The number of carbonyl (C=O) groups excluding carboxylic acids is 4. The molecule has 3 aromatic rings. The zero-order chi connectivity index (χ0) is 28.1. The number of halogens is 2. The third-order valence-corrected chi connectivity index (χ3v) is 6.12. The first kappa shape index (κ1) is 27.7. The summed E-state index contributed by atoms with van der Waals surface area (Å²) in [5.41, 5.74) is 1.31. The Hall–Kier alpha value is -4.34. The zero-order valence-corrected chi connectivity index (χ0v) is 22.3. The Labute approximate surface area is 233 Å². The Balaban J connectivity index is 1.63. The minimum absolute atomic E-state index is 0.155. The van der Waals surface area contributed by atoms with Gasteiger partial charge in [-0.25, -0.2) is 14.5 Å². The predicted molar refractivity (Wildman–Crippen MR) is 145 cm³/mol. The van der Waals surface area contributed by atoms with Crippen LogP contribution in [0.4, 0.5) is 10.5 Å². The molecular formula is C28H22Cl2N2O7. The van der Waals surface area contributed by atoms with Crippen molar-refractivity contribution >= 4 is 58.8 Å². The van der Waals surface area contributed by atoms with Gasteiger partial charge in [-0.3, -0.25) is 14.9 Å². The molecule has 4 amide bonds. The largest absolute Gasteiger partial charge is 0.490 e. The molecule has 39 heavy (non-hydrogen) atoms. The maximum atomic E-state index is 13.3. The van der Waals surface area contributed by atoms with E-state index in [1.165, 1.54) is 43.5 Å². The maximum absolute atomic E-state index is 13.3. The molecular weight excluding hydrogens is 547 g/mol. The van der Waals surface area contributed by atoms with Gasteiger partial charge in [0.15, 0.2) is 11.5 Å². The van der Waals surface area contributed by atoms with Gasteiger partial charge in [0.25, 0.3) is 11.8 Å². The smallest absolute Gasteiger partial charge is 0.337 e. The van der Waals surface area contributed by atoms with Crippen molar-refractivity contribution in [3.63, 3.8) is 0 Å². The van der Waals surface area contributed by atoms with E-state index in [4.69, 9.17) is 32.7 Å². The molecule has 1 aliphatic heterocycles. The van der Waals surface area contributed by atoms with Crippen LogP contribution >= 0.6 is 23.2 Å². The number of imide groups is 2. The molecule has 1 saturated heterocycles. The van der Waals surface area contributed by atoms with Crippen molar-refractivity contribution in [3.8, 4) is 11.5 Å². The summed E-state index contributed by atoms with van der Waals surface area (Å²) in [6.45, 7) is 2.29. The van der Waals surface area contributed by atoms with Crippen molar-refractivity contribution in [3.05, 3.63) is 93.0 Å². The van der Waals surface area contributed by atoms with Gasteiger partial charge >= 0.3 is 12.0 Å². The number of nitrogens with one attached hydrogen (secondary N) is 1. The molecule has 0 saturated carbocycles. The van der Waals surface area contributed by atoms with Gasteiger partial charge in [0.2, 0.25) is 0 Å². The first-order chi connectivity index (χ1) is 18.7. The van der Waals surface area contributed by atoms with Crippen LogP contribution in [0.15, 0.2) is 66.2 Å². The lowest BCUT2D eigenvalue weighted by Gasteiger charge is -2.26. The van der Waals surface area contributed by atoms with Crippen LogP contribution in [-0.2, 0) is 20.9 Å². The number of nitrogens with zero attached hydrogens (tertiary/aromatic N) is 1. The Bertz CT molecular complexity index is 1470. The number of carbonyl (C=O) groups is 4. The molecule has 0 aliphatic carbocycles. The molecule has 1 heterocycles. The summed E-state index contributed by atoms with van der Waals surface area (Å²) in [5, 5.41) is 2.95. The lowest BCUT2D eigenvalue weighted by molar-refractivity contribution is -0.122. The fourth-order valence-corrected chi connectivity index (χ4v) is 4.13. The van der Waals surface area contributed by atoms with Crippen LogP contribution in [0, 0.1) is 0 Å². The van der Waals surface area contributed by atoms with Crippen LogP contribution in [0.2, 0.25) is 10.0 Å². The molecule has 0 spiro atoms. The maximum Gasteiger partial charge on any atom is 0.337 e. The van der Waals surface area contributed by atoms with Gasteiger partial charge in [0.1, 0.15) is 12.2 Å². The molecule has 200 valence electrons. The molecule has 1 N–H and O–H groups in total. The second-order valence-corrected chi connectivity index (χ2v) is 9.02. The van der Waals surface area contributed by atoms with E-state index in [2.05, 4.69) is 10.1 Å². The number of rotatable bonds is 8. The van der Waals surface area contributed by atoms with E-state index in [1.54, 1.807) is 25.1 Å². The second kappa shape index (κ2) is 12.0. The number of amides is 4. The summed E-state index contributed by atoms with van der Waals surface area (Å²) in [7, 11) is 1.24. The van der Waals surface area contributed by atoms with Gasteiger partial charge in [-0.15, -0.1) is 0 Å². The first-order valence-corrected chi connectivity index (χ1v) is 12.4. The van der Waals surface area contributed by atoms with Crippen molar-refractivity contribution < 1.29 is 33.4 Å². The van der Waals surface area contributed by atoms with Crippen LogP contribution in [0.5, 0.6) is 11.5 Å². The number of urea groups is 1. The standard InChI is InChI=1S/C28H22Cl2N2O7/c1-3-38-23-14-17(13-22(30)24(23)39-15-16-4-8-19(29)9-5-16)12-21-25(33)31-28(36)32(26(21)34)20-10-6-18(7-11-20)27(35)37-2/h4-14H,3,15H2,1-2H3,(H,31,33,36)/b21-12+. The SMILES string of the molecule is CCOc1cc(/C=C2\C(=O)NC(=O)N(c3ccc(C(=O)OC)cc3)C2=O)cc(Cl)c1OCc1ccc(Cl)cc1. The number of esters is 1. The number of hydrogen-bond donors (Lipinski definition) is 1. The molecule has 0 aromatic heterocycles. The van der Waals surface area contributed by atoms with Crippen LogP contribution in [0.1, 0.15) is 28.4 Å². The van der Waals surface area contributed by atoms with E-state index in [-0.39, 0.29) is 34.2 Å². The summed E-state index contributed by atoms with van der Waals surface area (Å²) in [5.74, 6) is -1.70. The average Bonchev–Trinajstić information content (AvgIpc) is 2.91. The van der Waals surface area contributed by atoms with Gasteiger partial charge in [-0.05, 0) is 72.7 Å². The molecule has 0 unspecified atom stereocenters. The van der Waals surface area contributed by atoms with Crippen LogP contribution in [-0.4, -0.2) is 37.5 Å². The fraction of sp³-hybridized carbons (Fsp3) is 0.143. The Morgan fingerprint density at radius 3 is 2.31 bits per heavy atom. The van der Waals surface area contributed by atoms with Gasteiger partial charge in [-0.2, -0.15) is 0 Å². The minimum atomic E-state index is -0.924. The highest BCUT2D eigenvalue weighted by Crippen LogP contribution is 2.38. The number of ether oxygens (including phenoxy) is 3. The van der Waals surface area contributed by atoms with E-state index in [0.29, 0.717) is 22.9 Å². The lowest BCUT2D eigenvalue weighted by atomic mass is 10.1. The molecule has 0 radical (unpaired) electrons. The number of benzene rings is 3. The van der Waals surface area contributed by atoms with Crippen molar-refractivity contribution in [2.45, 2.75) is 13.5 Å². The summed E-state index contributed by atoms with van der Waals surface area (Å²) in [6.07, 6.45) is 1.30. The highest BCUT2D eigenvalue weighted by molar-refractivity contribution is 6.39. The molecule has 3 aromatic carbocycles. The van der Waals surface area contributed by atoms with Crippen molar-refractivity contribution in [1.82, 2.24) is 5.32 Å². The summed E-state index contributed by atoms with van der Waals surface area (Å²) in [4.78, 5) is 50.9. The molecule has 4 rings (SSSR count). The molecule has 11 heteroatoms. The third-order valence-electron chi connectivity index (χ3n) is 5.59. The van der Waals surface area contributed by atoms with Crippen molar-refractivity contribution in [2.24, 2.45) is 0 Å². The number of barbiturate groups is 1. The average molecular weight is 569 g/mol. The van der Waals surface area contributed by atoms with Crippen molar-refractivity contribution in [1.29, 1.82) is 0 Å². The minimum Gasteiger partial charge on any atom is -0.490 e. The monoisotopic (exact) mass is 568 g/mol. The van der Waals surface area contributed by atoms with Gasteiger partial charge < -0.3 is 14.2 Å². The topological polar surface area (TPSA) is 111 Å². The molecule has 9 nitrogen and oxygen atoms in total. The summed E-state index contributed by atoms with van der Waals surface area (Å²) >= 11 is 12.4. The summed E-state index contributed by atoms with van der Waals surface area (Å²) in [6, 6.07) is 14.9. The highest BCUT2D eigenvalue weighted by Gasteiger charge is 2.37. The predicted octanol–water partition coefficient (Wildman–Crippen LogP) is 5.42. The third kappa shape index (κ3) is 6.22. The second-order valence-electron chi connectivity index (χ2n) is 8.17. The molecule has 0 atom stereocenters. The molecule has 1 aliphatic rings. The lowest BCUT2D eigenvalue weighted by Crippen LogP contribution is -2.54. The normalized spacial score (nSPS) is 14.3. The Morgan fingerprint density at radius 1 is 0.974 bits per heavy atom. The van der Waals surface area contributed by atoms with E-state index >= 15 is 0 Å². The van der Waals surface area contributed by atoms with Crippen LogP contribution < -0.4 is 19.7 Å². The van der Waals surface area contributed by atoms with E-state index in [9.17, 15) is 19.2 Å². The number of anilines is 1. The van der Waals surface area contributed by atoms with E-state index < -0.39 is 23.8 Å². The van der Waals surface area contributed by atoms with E-state index in [1.807, 2.05) is 12.1 Å². The quantitative estimate of drug-likeness (QED) is 0.219. The van der Waals surface area contributed by atoms with Gasteiger partial charge in [-0.1, -0.05) is 35.3 Å². The van der Waals surface area contributed by atoms with E-state index in [0.717, 1.165) is 10.5 Å².